The number of hydrogen-bond acceptors (Lipinski definition) is 3. The van der Waals surface area contributed by atoms with E-state index >= 15 is 0 Å². The topological polar surface area (TPSA) is 49.8 Å². The molecular weight excluding hydrogens is 321 g/mol. The second-order valence-corrected chi connectivity index (χ2v) is 8.50. The van der Waals surface area contributed by atoms with Crippen LogP contribution in [0.2, 0.25) is 0 Å². The fourth-order valence-corrected chi connectivity index (χ4v) is 4.21. The van der Waals surface area contributed by atoms with Crippen LogP contribution in [0.15, 0.2) is 24.3 Å². The lowest BCUT2D eigenvalue weighted by Crippen LogP contribution is -2.54. The summed E-state index contributed by atoms with van der Waals surface area (Å²) in [5, 5.41) is 11.0. The number of hydrogen-bond donors (Lipinski definition) is 1. The summed E-state index contributed by atoms with van der Waals surface area (Å²) in [4.78, 5) is 14.3. The fourth-order valence-electron chi connectivity index (χ4n) is 4.21. The van der Waals surface area contributed by atoms with Crippen LogP contribution in [0.25, 0.3) is 0 Å². The number of carbonyl (C=O) groups excluding carboxylic acids is 1. The van der Waals surface area contributed by atoms with Gasteiger partial charge in [0.15, 0.2) is 0 Å². The van der Waals surface area contributed by atoms with Gasteiger partial charge in [-0.15, -0.1) is 0 Å². The predicted molar refractivity (Wildman–Crippen MR) is 93.8 cm³/mol. The first-order valence-corrected chi connectivity index (χ1v) is 9.14. The third kappa shape index (κ3) is 4.14. The van der Waals surface area contributed by atoms with Gasteiger partial charge in [0.2, 0.25) is 0 Å². The third-order valence-corrected chi connectivity index (χ3v) is 5.27. The van der Waals surface area contributed by atoms with Gasteiger partial charge >= 0.3 is 6.09 Å². The van der Waals surface area contributed by atoms with Gasteiger partial charge in [-0.2, -0.15) is 0 Å². The van der Waals surface area contributed by atoms with Gasteiger partial charge in [-0.3, -0.25) is 0 Å². The second-order valence-electron chi connectivity index (χ2n) is 8.50. The van der Waals surface area contributed by atoms with E-state index < -0.39 is 11.2 Å². The third-order valence-electron chi connectivity index (χ3n) is 5.27. The van der Waals surface area contributed by atoms with Crippen molar-refractivity contribution in [1.82, 2.24) is 4.90 Å². The van der Waals surface area contributed by atoms with E-state index in [0.29, 0.717) is 31.2 Å². The first-order chi connectivity index (χ1) is 11.7. The van der Waals surface area contributed by atoms with Crippen LogP contribution in [-0.2, 0) is 11.2 Å². The summed E-state index contributed by atoms with van der Waals surface area (Å²) < 4.78 is 19.3. The van der Waals surface area contributed by atoms with E-state index in [1.807, 2.05) is 31.7 Å². The molecular formula is C20H28FNO3. The quantitative estimate of drug-likeness (QED) is 0.895. The zero-order valence-corrected chi connectivity index (χ0v) is 15.3. The van der Waals surface area contributed by atoms with Crippen LogP contribution < -0.4 is 0 Å². The van der Waals surface area contributed by atoms with E-state index in [2.05, 4.69) is 0 Å². The van der Waals surface area contributed by atoms with Crippen LogP contribution in [0.4, 0.5) is 9.18 Å². The SMILES string of the molecule is CC(C)(C)OC(=O)N1C2CCC1CC(O)(CCc1ccccc1F)C2. The Bertz CT molecular complexity index is 626. The van der Waals surface area contributed by atoms with E-state index in [4.69, 9.17) is 4.74 Å². The van der Waals surface area contributed by atoms with Crippen LogP contribution in [0.3, 0.4) is 0 Å². The van der Waals surface area contributed by atoms with Crippen molar-refractivity contribution in [3.63, 3.8) is 0 Å². The lowest BCUT2D eigenvalue weighted by molar-refractivity contribution is -0.0623. The molecule has 2 aliphatic rings. The number of aryl methyl sites for hydroxylation is 1. The lowest BCUT2D eigenvalue weighted by Gasteiger charge is -2.44. The monoisotopic (exact) mass is 349 g/mol. The minimum Gasteiger partial charge on any atom is -0.444 e. The van der Waals surface area contributed by atoms with Gasteiger partial charge in [0, 0.05) is 12.1 Å². The van der Waals surface area contributed by atoms with E-state index in [1.54, 1.807) is 12.1 Å². The van der Waals surface area contributed by atoms with Gasteiger partial charge < -0.3 is 14.7 Å². The Kier molecular flexibility index (Phi) is 4.80. The number of rotatable bonds is 3. The molecule has 2 bridgehead atoms. The molecule has 0 aliphatic carbocycles. The zero-order valence-electron chi connectivity index (χ0n) is 15.3. The summed E-state index contributed by atoms with van der Waals surface area (Å²) in [6, 6.07) is 6.74. The molecule has 2 saturated heterocycles. The highest BCUT2D eigenvalue weighted by Gasteiger charge is 2.50. The van der Waals surface area contributed by atoms with E-state index in [-0.39, 0.29) is 24.0 Å². The molecule has 2 aliphatic heterocycles. The maximum absolute atomic E-state index is 13.8. The number of piperidine rings is 1. The highest BCUT2D eigenvalue weighted by molar-refractivity contribution is 5.69. The van der Waals surface area contributed by atoms with Crippen molar-refractivity contribution in [2.24, 2.45) is 0 Å². The summed E-state index contributed by atoms with van der Waals surface area (Å²) in [5.74, 6) is -0.222. The molecule has 25 heavy (non-hydrogen) atoms. The molecule has 138 valence electrons. The molecule has 1 N–H and O–H groups in total. The van der Waals surface area contributed by atoms with Crippen LogP contribution in [-0.4, -0.2) is 39.4 Å². The normalized spacial score (nSPS) is 28.9. The Labute approximate surface area is 149 Å². The molecule has 2 unspecified atom stereocenters. The molecule has 2 heterocycles. The van der Waals surface area contributed by atoms with Gasteiger partial charge in [0.05, 0.1) is 5.60 Å². The molecule has 1 aromatic carbocycles. The summed E-state index contributed by atoms with van der Waals surface area (Å²) in [7, 11) is 0. The van der Waals surface area contributed by atoms with Crippen molar-refractivity contribution in [3.8, 4) is 0 Å². The van der Waals surface area contributed by atoms with Gasteiger partial charge in [0.25, 0.3) is 0 Å². The van der Waals surface area contributed by atoms with Gasteiger partial charge in [-0.1, -0.05) is 18.2 Å². The molecule has 2 atom stereocenters. The number of halogens is 1. The van der Waals surface area contributed by atoms with Crippen LogP contribution in [0.1, 0.15) is 58.4 Å². The summed E-state index contributed by atoms with van der Waals surface area (Å²) in [6.07, 6.45) is 3.61. The van der Waals surface area contributed by atoms with Crippen molar-refractivity contribution in [2.45, 2.75) is 82.6 Å². The smallest absolute Gasteiger partial charge is 0.410 e. The predicted octanol–water partition coefficient (Wildman–Crippen LogP) is 4.05. The number of carbonyl (C=O) groups is 1. The molecule has 1 aromatic rings. The van der Waals surface area contributed by atoms with E-state index in [0.717, 1.165) is 12.8 Å². The van der Waals surface area contributed by atoms with Crippen molar-refractivity contribution in [3.05, 3.63) is 35.6 Å². The lowest BCUT2D eigenvalue weighted by atomic mass is 9.82. The number of fused-ring (bicyclic) bond motifs is 2. The fraction of sp³-hybridized carbons (Fsp3) is 0.650. The number of benzene rings is 1. The Morgan fingerprint density at radius 3 is 2.44 bits per heavy atom. The van der Waals surface area contributed by atoms with Crippen molar-refractivity contribution in [1.29, 1.82) is 0 Å². The van der Waals surface area contributed by atoms with Crippen molar-refractivity contribution >= 4 is 6.09 Å². The van der Waals surface area contributed by atoms with E-state index in [1.165, 1.54) is 6.07 Å². The summed E-state index contributed by atoms with van der Waals surface area (Å²) in [6.45, 7) is 5.59. The minimum atomic E-state index is -0.841. The first-order valence-electron chi connectivity index (χ1n) is 9.14. The second kappa shape index (κ2) is 6.60. The Balaban J connectivity index is 1.64. The average Bonchev–Trinajstić information content (AvgIpc) is 2.78. The zero-order chi connectivity index (χ0) is 18.2. The number of ether oxygens (including phenoxy) is 1. The maximum atomic E-state index is 13.8. The Morgan fingerprint density at radius 2 is 1.88 bits per heavy atom. The van der Waals surface area contributed by atoms with E-state index in [9.17, 15) is 14.3 Å². The number of nitrogens with zero attached hydrogens (tertiary/aromatic N) is 1. The molecule has 2 fully saturated rings. The maximum Gasteiger partial charge on any atom is 0.410 e. The number of aliphatic hydroxyl groups is 1. The molecule has 5 heteroatoms. The minimum absolute atomic E-state index is 0.0132. The molecule has 0 spiro atoms. The Hall–Kier alpha value is -1.62. The standard InChI is InChI=1S/C20H28FNO3/c1-19(2,3)25-18(23)22-15-8-9-16(22)13-20(24,12-15)11-10-14-6-4-5-7-17(14)21/h4-7,15-16,24H,8-13H2,1-3H3. The van der Waals surface area contributed by atoms with Crippen LogP contribution >= 0.6 is 0 Å². The highest BCUT2D eigenvalue weighted by Crippen LogP contribution is 2.43. The van der Waals surface area contributed by atoms with Crippen LogP contribution in [0, 0.1) is 5.82 Å². The van der Waals surface area contributed by atoms with Crippen molar-refractivity contribution in [2.75, 3.05) is 0 Å². The highest BCUT2D eigenvalue weighted by atomic mass is 19.1. The Morgan fingerprint density at radius 1 is 1.28 bits per heavy atom. The summed E-state index contributed by atoms with van der Waals surface area (Å²) >= 11 is 0. The molecule has 0 radical (unpaired) electrons. The summed E-state index contributed by atoms with van der Waals surface area (Å²) in [5.41, 5.74) is -0.722. The number of amides is 1. The van der Waals surface area contributed by atoms with Gasteiger partial charge in [-0.05, 0) is 70.9 Å². The first kappa shape index (κ1) is 18.2. The van der Waals surface area contributed by atoms with Gasteiger partial charge in [0.1, 0.15) is 11.4 Å². The largest absolute Gasteiger partial charge is 0.444 e. The molecule has 0 saturated carbocycles. The van der Waals surface area contributed by atoms with Gasteiger partial charge in [-0.25, -0.2) is 9.18 Å². The molecule has 1 amide bonds. The molecule has 0 aromatic heterocycles. The molecule has 3 rings (SSSR count). The molecule has 4 nitrogen and oxygen atoms in total. The average molecular weight is 349 g/mol. The van der Waals surface area contributed by atoms with Crippen LogP contribution in [0.5, 0.6) is 0 Å². The van der Waals surface area contributed by atoms with Crippen molar-refractivity contribution < 1.29 is 19.0 Å².